The van der Waals surface area contributed by atoms with Crippen molar-refractivity contribution in [3.05, 3.63) is 88.3 Å². The zero-order valence-corrected chi connectivity index (χ0v) is 20.3. The largest absolute Gasteiger partial charge is 0.368 e. The maximum Gasteiger partial charge on any atom is 0.251 e. The molecule has 0 bridgehead atoms. The number of hydrogen-bond acceptors (Lipinski definition) is 6. The third kappa shape index (κ3) is 7.45. The first-order valence-electron chi connectivity index (χ1n) is 11.7. The normalized spacial score (nSPS) is 13.5. The van der Waals surface area contributed by atoms with E-state index in [1.807, 2.05) is 53.4 Å². The van der Waals surface area contributed by atoms with Crippen LogP contribution < -0.4 is 15.8 Å². The van der Waals surface area contributed by atoms with Crippen LogP contribution in [-0.4, -0.2) is 65.2 Å². The molecular weight excluding hydrogens is 462 g/mol. The van der Waals surface area contributed by atoms with Crippen LogP contribution in [0.2, 0.25) is 0 Å². The summed E-state index contributed by atoms with van der Waals surface area (Å²) >= 11 is 1.19. The number of benzene rings is 2. The number of carbonyl (C=O) groups excluding carboxylic acids is 2. The molecule has 8 nitrogen and oxygen atoms in total. The van der Waals surface area contributed by atoms with E-state index < -0.39 is 0 Å². The van der Waals surface area contributed by atoms with Crippen LogP contribution in [0.25, 0.3) is 0 Å². The van der Waals surface area contributed by atoms with Crippen LogP contribution in [0, 0.1) is 0 Å². The molecule has 1 fully saturated rings. The van der Waals surface area contributed by atoms with Gasteiger partial charge in [-0.05, 0) is 24.1 Å². The fourth-order valence-corrected chi connectivity index (χ4v) is 4.73. The second kappa shape index (κ2) is 12.2. The van der Waals surface area contributed by atoms with Crippen molar-refractivity contribution in [1.29, 1.82) is 0 Å². The van der Waals surface area contributed by atoms with Gasteiger partial charge in [0.1, 0.15) is 0 Å². The lowest BCUT2D eigenvalue weighted by molar-refractivity contribution is -0.128. The number of aromatic nitrogens is 2. The number of amides is 2. The van der Waals surface area contributed by atoms with Gasteiger partial charge in [-0.1, -0.05) is 60.3 Å². The van der Waals surface area contributed by atoms with Crippen molar-refractivity contribution >= 4 is 29.3 Å². The number of H-pyrrole nitrogens is 1. The van der Waals surface area contributed by atoms with Crippen molar-refractivity contribution in [2.75, 3.05) is 43.4 Å². The lowest BCUT2D eigenvalue weighted by Crippen LogP contribution is -2.49. The molecule has 4 rings (SSSR count). The van der Waals surface area contributed by atoms with E-state index >= 15 is 0 Å². The minimum atomic E-state index is -0.335. The molecule has 35 heavy (non-hydrogen) atoms. The minimum Gasteiger partial charge on any atom is -0.368 e. The van der Waals surface area contributed by atoms with E-state index in [1.54, 1.807) is 0 Å². The highest BCUT2D eigenvalue weighted by molar-refractivity contribution is 7.99. The highest BCUT2D eigenvalue weighted by Gasteiger charge is 2.21. The minimum absolute atomic E-state index is 0.00872. The van der Waals surface area contributed by atoms with Crippen molar-refractivity contribution in [2.24, 2.45) is 0 Å². The Morgan fingerprint density at radius 1 is 0.971 bits per heavy atom. The number of nitrogens with zero attached hydrogens (tertiary/aromatic N) is 3. The van der Waals surface area contributed by atoms with Gasteiger partial charge in [0.2, 0.25) is 11.8 Å². The molecule has 2 N–H and O–H groups in total. The van der Waals surface area contributed by atoms with E-state index in [-0.39, 0.29) is 29.5 Å². The standard InChI is InChI=1S/C26H29N5O3S/c32-23(27-12-11-20-7-3-1-4-8-20)17-21-18-24(33)29-26(28-21)35-19-25(34)31-15-13-30(14-16-31)22-9-5-2-6-10-22/h1-10,18H,11-17,19H2,(H,27,32)(H,28,29,33). The first-order valence-corrected chi connectivity index (χ1v) is 12.7. The number of thioether (sulfide) groups is 1. The molecule has 0 saturated carbocycles. The highest BCUT2D eigenvalue weighted by atomic mass is 32.2. The van der Waals surface area contributed by atoms with E-state index in [1.165, 1.54) is 17.8 Å². The summed E-state index contributed by atoms with van der Waals surface area (Å²) in [6.07, 6.45) is 0.750. The molecule has 0 spiro atoms. The molecule has 9 heteroatoms. The summed E-state index contributed by atoms with van der Waals surface area (Å²) in [4.78, 5) is 48.2. The van der Waals surface area contributed by atoms with E-state index in [2.05, 4.69) is 32.3 Å². The average molecular weight is 492 g/mol. The molecular formula is C26H29N5O3S. The first-order chi connectivity index (χ1) is 17.1. The monoisotopic (exact) mass is 491 g/mol. The summed E-state index contributed by atoms with van der Waals surface area (Å²) in [5, 5.41) is 3.21. The van der Waals surface area contributed by atoms with Crippen LogP contribution in [0.15, 0.2) is 76.7 Å². The van der Waals surface area contributed by atoms with E-state index in [9.17, 15) is 14.4 Å². The fourth-order valence-electron chi connectivity index (χ4n) is 3.93. The molecule has 0 aliphatic carbocycles. The number of para-hydroxylation sites is 1. The fraction of sp³-hybridized carbons (Fsp3) is 0.308. The van der Waals surface area contributed by atoms with E-state index in [0.717, 1.165) is 30.8 Å². The van der Waals surface area contributed by atoms with Crippen LogP contribution in [0.3, 0.4) is 0 Å². The van der Waals surface area contributed by atoms with Gasteiger partial charge >= 0.3 is 0 Å². The lowest BCUT2D eigenvalue weighted by Gasteiger charge is -2.36. The van der Waals surface area contributed by atoms with Crippen LogP contribution in [0.4, 0.5) is 5.69 Å². The maximum atomic E-state index is 12.7. The topological polar surface area (TPSA) is 98.4 Å². The lowest BCUT2D eigenvalue weighted by atomic mass is 10.1. The first kappa shape index (κ1) is 24.5. The van der Waals surface area contributed by atoms with Gasteiger partial charge in [0.25, 0.3) is 5.56 Å². The van der Waals surface area contributed by atoms with Crippen LogP contribution in [0.5, 0.6) is 0 Å². The van der Waals surface area contributed by atoms with Gasteiger partial charge in [-0.3, -0.25) is 14.4 Å². The van der Waals surface area contributed by atoms with Crippen molar-refractivity contribution in [2.45, 2.75) is 18.0 Å². The third-order valence-corrected chi connectivity index (χ3v) is 6.64. The van der Waals surface area contributed by atoms with Crippen LogP contribution in [0.1, 0.15) is 11.3 Å². The zero-order chi connectivity index (χ0) is 24.5. The summed E-state index contributed by atoms with van der Waals surface area (Å²) in [7, 11) is 0. The molecule has 2 aromatic carbocycles. The van der Waals surface area contributed by atoms with Gasteiger partial charge in [0.05, 0.1) is 17.9 Å². The van der Waals surface area contributed by atoms with Gasteiger partial charge in [0, 0.05) is 44.5 Å². The Morgan fingerprint density at radius 3 is 2.37 bits per heavy atom. The summed E-state index contributed by atoms with van der Waals surface area (Å²) < 4.78 is 0. The Kier molecular flexibility index (Phi) is 8.56. The number of anilines is 1. The SMILES string of the molecule is O=C(Cc1cc(=O)[nH]c(SCC(=O)N2CCN(c3ccccc3)CC2)n1)NCCc1ccccc1. The van der Waals surface area contributed by atoms with Crippen LogP contribution >= 0.6 is 11.8 Å². The van der Waals surface area contributed by atoms with Crippen molar-refractivity contribution in [3.8, 4) is 0 Å². The molecule has 1 saturated heterocycles. The Morgan fingerprint density at radius 2 is 1.66 bits per heavy atom. The summed E-state index contributed by atoms with van der Waals surface area (Å²) in [5.41, 5.74) is 2.36. The highest BCUT2D eigenvalue weighted by Crippen LogP contribution is 2.17. The van der Waals surface area contributed by atoms with Gasteiger partial charge in [-0.2, -0.15) is 0 Å². The molecule has 0 radical (unpaired) electrons. The summed E-state index contributed by atoms with van der Waals surface area (Å²) in [6, 6.07) is 21.4. The number of carbonyl (C=O) groups is 2. The zero-order valence-electron chi connectivity index (χ0n) is 19.5. The Labute approximate surface area is 208 Å². The van der Waals surface area contributed by atoms with E-state index in [4.69, 9.17) is 0 Å². The predicted octanol–water partition coefficient (Wildman–Crippen LogP) is 2.11. The molecule has 1 aromatic heterocycles. The number of aromatic amines is 1. The Bertz CT molecular complexity index is 1180. The summed E-state index contributed by atoms with van der Waals surface area (Å²) in [5.74, 6) is -0.00200. The van der Waals surface area contributed by atoms with Crippen molar-refractivity contribution in [3.63, 3.8) is 0 Å². The number of piperazine rings is 1. The maximum absolute atomic E-state index is 12.7. The molecule has 1 aliphatic heterocycles. The predicted molar refractivity (Wildman–Crippen MR) is 138 cm³/mol. The summed E-state index contributed by atoms with van der Waals surface area (Å²) in [6.45, 7) is 3.39. The van der Waals surface area contributed by atoms with Gasteiger partial charge in [-0.25, -0.2) is 4.98 Å². The molecule has 0 atom stereocenters. The average Bonchev–Trinajstić information content (AvgIpc) is 2.88. The quantitative estimate of drug-likeness (QED) is 0.352. The number of nitrogens with one attached hydrogen (secondary N) is 2. The molecule has 2 amide bonds. The van der Waals surface area contributed by atoms with Crippen LogP contribution in [-0.2, 0) is 22.4 Å². The Balaban J connectivity index is 1.23. The number of rotatable bonds is 9. The van der Waals surface area contributed by atoms with Gasteiger partial charge in [-0.15, -0.1) is 0 Å². The van der Waals surface area contributed by atoms with Gasteiger partial charge in [0.15, 0.2) is 5.16 Å². The molecule has 3 aromatic rings. The van der Waals surface area contributed by atoms with Crippen molar-refractivity contribution in [1.82, 2.24) is 20.2 Å². The number of hydrogen-bond donors (Lipinski definition) is 2. The third-order valence-electron chi connectivity index (χ3n) is 5.78. The molecule has 1 aliphatic rings. The second-order valence-corrected chi connectivity index (χ2v) is 9.26. The second-order valence-electron chi connectivity index (χ2n) is 8.30. The molecule has 2 heterocycles. The molecule has 182 valence electrons. The van der Waals surface area contributed by atoms with Crippen molar-refractivity contribution < 1.29 is 9.59 Å². The molecule has 0 unspecified atom stereocenters. The Hall–Kier alpha value is -3.59. The van der Waals surface area contributed by atoms with Gasteiger partial charge < -0.3 is 20.1 Å². The van der Waals surface area contributed by atoms with E-state index in [0.29, 0.717) is 30.5 Å². The smallest absolute Gasteiger partial charge is 0.251 e.